The highest BCUT2D eigenvalue weighted by Crippen LogP contribution is 2.39. The number of hydrogen-bond donors (Lipinski definition) is 1. The second-order valence-electron chi connectivity index (χ2n) is 6.87. The van der Waals surface area contributed by atoms with Crippen molar-refractivity contribution in [2.45, 2.75) is 19.1 Å². The number of benzene rings is 1. The zero-order valence-corrected chi connectivity index (χ0v) is 17.9. The van der Waals surface area contributed by atoms with Gasteiger partial charge in [-0.3, -0.25) is 0 Å². The number of nitrogens with zero attached hydrogens (tertiary/aromatic N) is 8. The van der Waals surface area contributed by atoms with Crippen LogP contribution in [0.5, 0.6) is 0 Å². The number of aromatic nitrogens is 7. The molecule has 0 unspecified atom stereocenters. The maximum atomic E-state index is 13.5. The minimum Gasteiger partial charge on any atom is -0.373 e. The molecule has 4 rings (SSSR count). The van der Waals surface area contributed by atoms with Crippen LogP contribution < -0.4 is 10.2 Å². The van der Waals surface area contributed by atoms with E-state index in [2.05, 4.69) is 35.3 Å². The van der Waals surface area contributed by atoms with Crippen LogP contribution in [0.1, 0.15) is 24.4 Å². The van der Waals surface area contributed by atoms with E-state index in [1.54, 1.807) is 25.1 Å². The molecule has 9 nitrogen and oxygen atoms in total. The first kappa shape index (κ1) is 21.7. The molecule has 0 bridgehead atoms. The van der Waals surface area contributed by atoms with Crippen molar-refractivity contribution in [2.75, 3.05) is 24.3 Å². The van der Waals surface area contributed by atoms with Crippen LogP contribution in [0.2, 0.25) is 5.02 Å². The van der Waals surface area contributed by atoms with Crippen molar-refractivity contribution in [3.63, 3.8) is 0 Å². The highest BCUT2D eigenvalue weighted by Gasteiger charge is 2.35. The van der Waals surface area contributed by atoms with Gasteiger partial charge in [0.1, 0.15) is 30.6 Å². The first-order valence-corrected chi connectivity index (χ1v) is 9.73. The number of hydrogen-bond acceptors (Lipinski definition) is 8. The van der Waals surface area contributed by atoms with Gasteiger partial charge in [0.15, 0.2) is 11.6 Å². The van der Waals surface area contributed by atoms with Gasteiger partial charge >= 0.3 is 6.18 Å². The predicted octanol–water partition coefficient (Wildman–Crippen LogP) is 3.91. The van der Waals surface area contributed by atoms with Crippen LogP contribution >= 0.6 is 11.6 Å². The summed E-state index contributed by atoms with van der Waals surface area (Å²) < 4.78 is 42.2. The van der Waals surface area contributed by atoms with Gasteiger partial charge in [0.2, 0.25) is 0 Å². The minimum atomic E-state index is -4.61. The summed E-state index contributed by atoms with van der Waals surface area (Å²) >= 11 is 6.00. The molecule has 0 amide bonds. The molecule has 0 spiro atoms. The molecule has 3 heterocycles. The van der Waals surface area contributed by atoms with Gasteiger partial charge in [-0.25, -0.2) is 24.9 Å². The quantitative estimate of drug-likeness (QED) is 0.475. The number of anilines is 2. The Morgan fingerprint density at radius 3 is 2.50 bits per heavy atom. The van der Waals surface area contributed by atoms with Crippen LogP contribution in [-0.2, 0) is 6.18 Å². The number of halogens is 4. The molecule has 0 aliphatic carbocycles. The fourth-order valence-corrected chi connectivity index (χ4v) is 3.50. The summed E-state index contributed by atoms with van der Waals surface area (Å²) in [5.41, 5.74) is -1.16. The largest absolute Gasteiger partial charge is 0.418 e. The highest BCUT2D eigenvalue weighted by atomic mass is 35.5. The van der Waals surface area contributed by atoms with E-state index >= 15 is 0 Å². The molecule has 3 aromatic heterocycles. The molecule has 1 N–H and O–H groups in total. The molecule has 13 heteroatoms. The van der Waals surface area contributed by atoms with E-state index in [0.717, 1.165) is 12.4 Å². The third-order valence-electron chi connectivity index (χ3n) is 4.98. The molecular formula is C19H17ClF3N9. The molecule has 4 aromatic rings. The summed E-state index contributed by atoms with van der Waals surface area (Å²) in [4.78, 5) is 22.4. The zero-order chi connectivity index (χ0) is 23.0. The summed E-state index contributed by atoms with van der Waals surface area (Å²) in [6.45, 7) is 1.82. The normalized spacial score (nSPS) is 12.7. The molecular weight excluding hydrogens is 447 g/mol. The van der Waals surface area contributed by atoms with Crippen LogP contribution in [0.15, 0.2) is 37.2 Å². The molecule has 166 valence electrons. The van der Waals surface area contributed by atoms with Crippen molar-refractivity contribution in [1.82, 2.24) is 34.7 Å². The van der Waals surface area contributed by atoms with Crippen molar-refractivity contribution < 1.29 is 13.2 Å². The van der Waals surface area contributed by atoms with Crippen LogP contribution in [0.3, 0.4) is 0 Å². The van der Waals surface area contributed by atoms with E-state index in [0.29, 0.717) is 17.5 Å². The van der Waals surface area contributed by atoms with Gasteiger partial charge in [0, 0.05) is 30.6 Å². The van der Waals surface area contributed by atoms with Crippen LogP contribution in [-0.4, -0.2) is 48.8 Å². The zero-order valence-electron chi connectivity index (χ0n) is 17.1. The molecule has 0 saturated heterocycles. The number of alkyl halides is 3. The SMILES string of the molecule is CNc1cc(-n2ncnc2[C@H](C)N(C)c2ncnc3c(C(F)(F)F)cc(Cl)cc23)ncn1. The Morgan fingerprint density at radius 1 is 1.03 bits per heavy atom. The van der Waals surface area contributed by atoms with Gasteiger partial charge in [0.05, 0.1) is 17.1 Å². The second-order valence-corrected chi connectivity index (χ2v) is 7.31. The van der Waals surface area contributed by atoms with E-state index in [9.17, 15) is 13.2 Å². The standard InChI is InChI=1S/C19H17ClF3N9/c1-10(17-29-9-30-32(17)15-6-14(24-2)25-7-26-15)31(3)18-12-4-11(20)5-13(19(21,22)23)16(12)27-8-28-18/h4-10H,1-3H3,(H,24,25,26)/t10-/m0/s1. The molecule has 0 radical (unpaired) electrons. The number of rotatable bonds is 5. The average molecular weight is 464 g/mol. The van der Waals surface area contributed by atoms with E-state index in [4.69, 9.17) is 11.6 Å². The summed E-state index contributed by atoms with van der Waals surface area (Å²) in [7, 11) is 3.42. The maximum Gasteiger partial charge on any atom is 0.418 e. The summed E-state index contributed by atoms with van der Waals surface area (Å²) in [6, 6.07) is 3.52. The lowest BCUT2D eigenvalue weighted by atomic mass is 10.1. The molecule has 0 fully saturated rings. The van der Waals surface area contributed by atoms with Gasteiger partial charge in [-0.15, -0.1) is 0 Å². The number of nitrogens with one attached hydrogen (secondary N) is 1. The lowest BCUT2D eigenvalue weighted by molar-refractivity contribution is -0.136. The lowest BCUT2D eigenvalue weighted by Gasteiger charge is -2.26. The molecule has 1 aromatic carbocycles. The Morgan fingerprint density at radius 2 is 1.78 bits per heavy atom. The van der Waals surface area contributed by atoms with Crippen molar-refractivity contribution in [3.05, 3.63) is 53.6 Å². The van der Waals surface area contributed by atoms with Gasteiger partial charge in [0.25, 0.3) is 0 Å². The van der Waals surface area contributed by atoms with E-state index in [1.807, 2.05) is 6.92 Å². The summed E-state index contributed by atoms with van der Waals surface area (Å²) in [5.74, 6) is 1.84. The minimum absolute atomic E-state index is 0.0642. The fourth-order valence-electron chi connectivity index (χ4n) is 3.28. The van der Waals surface area contributed by atoms with Gasteiger partial charge in [-0.1, -0.05) is 11.6 Å². The molecule has 0 saturated carbocycles. The Balaban J connectivity index is 1.79. The van der Waals surface area contributed by atoms with Crippen molar-refractivity contribution in [2.24, 2.45) is 0 Å². The Hall–Kier alpha value is -3.54. The first-order chi connectivity index (χ1) is 15.2. The third-order valence-corrected chi connectivity index (χ3v) is 5.19. The number of fused-ring (bicyclic) bond motifs is 1. The molecule has 0 aliphatic heterocycles. The third kappa shape index (κ3) is 3.88. The summed E-state index contributed by atoms with van der Waals surface area (Å²) in [5, 5.41) is 7.27. The van der Waals surface area contributed by atoms with Crippen LogP contribution in [0.4, 0.5) is 24.8 Å². The average Bonchev–Trinajstić information content (AvgIpc) is 3.26. The van der Waals surface area contributed by atoms with Crippen LogP contribution in [0.25, 0.3) is 16.7 Å². The van der Waals surface area contributed by atoms with Crippen molar-refractivity contribution >= 4 is 34.1 Å². The Kier molecular flexibility index (Phi) is 5.55. The second kappa shape index (κ2) is 8.19. The summed E-state index contributed by atoms with van der Waals surface area (Å²) in [6.07, 6.45) is -0.757. The fraction of sp³-hybridized carbons (Fsp3) is 0.263. The van der Waals surface area contributed by atoms with Gasteiger partial charge < -0.3 is 10.2 Å². The first-order valence-electron chi connectivity index (χ1n) is 9.35. The smallest absolute Gasteiger partial charge is 0.373 e. The topological polar surface area (TPSA) is 97.5 Å². The van der Waals surface area contributed by atoms with E-state index in [1.165, 1.54) is 23.4 Å². The van der Waals surface area contributed by atoms with Gasteiger partial charge in [-0.05, 0) is 19.1 Å². The maximum absolute atomic E-state index is 13.5. The monoisotopic (exact) mass is 463 g/mol. The van der Waals surface area contributed by atoms with Crippen molar-refractivity contribution in [3.8, 4) is 5.82 Å². The predicted molar refractivity (Wildman–Crippen MR) is 113 cm³/mol. The Bertz CT molecular complexity index is 1270. The lowest BCUT2D eigenvalue weighted by Crippen LogP contribution is -2.26. The molecule has 32 heavy (non-hydrogen) atoms. The highest BCUT2D eigenvalue weighted by molar-refractivity contribution is 6.31. The Labute approximate surface area is 185 Å². The van der Waals surface area contributed by atoms with Gasteiger partial charge in [-0.2, -0.15) is 23.0 Å². The van der Waals surface area contributed by atoms with E-state index < -0.39 is 17.8 Å². The molecule has 1 atom stereocenters. The van der Waals surface area contributed by atoms with Crippen LogP contribution in [0, 0.1) is 0 Å². The van der Waals surface area contributed by atoms with E-state index in [-0.39, 0.29) is 21.7 Å². The molecule has 0 aliphatic rings. The van der Waals surface area contributed by atoms with Crippen molar-refractivity contribution in [1.29, 1.82) is 0 Å².